The van der Waals surface area contributed by atoms with Crippen molar-refractivity contribution >= 4 is 37.8 Å². The van der Waals surface area contributed by atoms with Gasteiger partial charge in [0.2, 0.25) is 0 Å². The molecular weight excluding hydrogens is 346 g/mol. The molecule has 1 heterocycles. The van der Waals surface area contributed by atoms with Crippen molar-refractivity contribution in [2.45, 2.75) is 25.8 Å². The van der Waals surface area contributed by atoms with E-state index in [2.05, 4.69) is 31.9 Å². The van der Waals surface area contributed by atoms with Gasteiger partial charge in [0.1, 0.15) is 0 Å². The molecule has 0 aliphatic carbocycles. The highest BCUT2D eigenvalue weighted by molar-refractivity contribution is 9.10. The number of carbonyl (C=O) groups is 1. The van der Waals surface area contributed by atoms with Gasteiger partial charge in [0, 0.05) is 28.0 Å². The molecule has 1 atom stereocenters. The number of rotatable bonds is 2. The van der Waals surface area contributed by atoms with Gasteiger partial charge >= 0.3 is 0 Å². The molecule has 92 valence electrons. The van der Waals surface area contributed by atoms with E-state index in [-0.39, 0.29) is 5.91 Å². The third-order valence-corrected chi connectivity index (χ3v) is 4.48. The van der Waals surface area contributed by atoms with E-state index in [1.54, 1.807) is 0 Å². The lowest BCUT2D eigenvalue weighted by Crippen LogP contribution is -2.36. The van der Waals surface area contributed by atoms with Gasteiger partial charge < -0.3 is 4.90 Å². The number of halogens is 2. The van der Waals surface area contributed by atoms with Crippen LogP contribution in [0.25, 0.3) is 0 Å². The van der Waals surface area contributed by atoms with Crippen LogP contribution in [0.4, 0.5) is 0 Å². The van der Waals surface area contributed by atoms with Crippen LogP contribution in [0, 0.1) is 6.92 Å². The number of benzene rings is 1. The van der Waals surface area contributed by atoms with Crippen molar-refractivity contribution in [1.29, 1.82) is 0 Å². The number of likely N-dealkylation sites (tertiary alicyclic amines) is 1. The van der Waals surface area contributed by atoms with Gasteiger partial charge in [-0.25, -0.2) is 0 Å². The second kappa shape index (κ2) is 5.53. The van der Waals surface area contributed by atoms with E-state index in [4.69, 9.17) is 0 Å². The summed E-state index contributed by atoms with van der Waals surface area (Å²) in [6.45, 7) is 2.86. The SMILES string of the molecule is Cc1cc(Br)ccc1C(=O)N1CCCC1CBr. The van der Waals surface area contributed by atoms with Crippen LogP contribution in [0.2, 0.25) is 0 Å². The third-order valence-electron chi connectivity index (χ3n) is 3.23. The zero-order valence-corrected chi connectivity index (χ0v) is 12.9. The number of hydrogen-bond acceptors (Lipinski definition) is 1. The van der Waals surface area contributed by atoms with Gasteiger partial charge in [-0.3, -0.25) is 4.79 Å². The van der Waals surface area contributed by atoms with Crippen LogP contribution in [-0.2, 0) is 0 Å². The fraction of sp³-hybridized carbons (Fsp3) is 0.462. The minimum absolute atomic E-state index is 0.164. The molecule has 1 aliphatic heterocycles. The Morgan fingerprint density at radius 2 is 2.29 bits per heavy atom. The normalized spacial score (nSPS) is 19.7. The lowest BCUT2D eigenvalue weighted by Gasteiger charge is -2.23. The van der Waals surface area contributed by atoms with E-state index in [0.29, 0.717) is 6.04 Å². The van der Waals surface area contributed by atoms with Crippen LogP contribution in [0.3, 0.4) is 0 Å². The van der Waals surface area contributed by atoms with Gasteiger partial charge in [0.25, 0.3) is 5.91 Å². The molecule has 2 rings (SSSR count). The van der Waals surface area contributed by atoms with Crippen LogP contribution >= 0.6 is 31.9 Å². The molecule has 1 amide bonds. The number of alkyl halides is 1. The van der Waals surface area contributed by atoms with Crippen LogP contribution in [0.5, 0.6) is 0 Å². The molecule has 0 spiro atoms. The maximum Gasteiger partial charge on any atom is 0.254 e. The first kappa shape index (κ1) is 13.1. The lowest BCUT2D eigenvalue weighted by molar-refractivity contribution is 0.0750. The molecule has 1 fully saturated rings. The smallest absolute Gasteiger partial charge is 0.254 e. The van der Waals surface area contributed by atoms with Crippen molar-refractivity contribution in [2.75, 3.05) is 11.9 Å². The summed E-state index contributed by atoms with van der Waals surface area (Å²) in [6, 6.07) is 6.18. The standard InChI is InChI=1S/C13H15Br2NO/c1-9-7-10(15)4-5-12(9)13(17)16-6-2-3-11(16)8-14/h4-5,7,11H,2-3,6,8H2,1H3. The maximum absolute atomic E-state index is 12.4. The molecule has 0 bridgehead atoms. The Hall–Kier alpha value is -0.350. The van der Waals surface area contributed by atoms with Crippen molar-refractivity contribution in [3.8, 4) is 0 Å². The van der Waals surface area contributed by atoms with E-state index < -0.39 is 0 Å². The van der Waals surface area contributed by atoms with Gasteiger partial charge in [-0.05, 0) is 43.5 Å². The van der Waals surface area contributed by atoms with Crippen LogP contribution in [0.1, 0.15) is 28.8 Å². The van der Waals surface area contributed by atoms with E-state index in [0.717, 1.165) is 40.3 Å². The Kier molecular flexibility index (Phi) is 4.26. The number of amides is 1. The Morgan fingerprint density at radius 1 is 1.53 bits per heavy atom. The first-order valence-electron chi connectivity index (χ1n) is 5.76. The van der Waals surface area contributed by atoms with Crippen LogP contribution < -0.4 is 0 Å². The Labute approximate surface area is 119 Å². The fourth-order valence-electron chi connectivity index (χ4n) is 2.29. The highest BCUT2D eigenvalue weighted by Gasteiger charge is 2.29. The van der Waals surface area contributed by atoms with Gasteiger partial charge in [-0.15, -0.1) is 0 Å². The number of aryl methyl sites for hydroxylation is 1. The highest BCUT2D eigenvalue weighted by Crippen LogP contribution is 2.24. The summed E-state index contributed by atoms with van der Waals surface area (Å²) in [4.78, 5) is 14.4. The molecule has 4 heteroatoms. The predicted molar refractivity (Wildman–Crippen MR) is 76.7 cm³/mol. The van der Waals surface area contributed by atoms with Crippen molar-refractivity contribution in [1.82, 2.24) is 4.90 Å². The van der Waals surface area contributed by atoms with Crippen molar-refractivity contribution < 1.29 is 4.79 Å². The molecule has 1 saturated heterocycles. The van der Waals surface area contributed by atoms with E-state index in [9.17, 15) is 4.79 Å². The molecule has 1 unspecified atom stereocenters. The maximum atomic E-state index is 12.4. The zero-order chi connectivity index (χ0) is 12.4. The molecule has 2 nitrogen and oxygen atoms in total. The summed E-state index contributed by atoms with van der Waals surface area (Å²) in [6.07, 6.45) is 2.21. The van der Waals surface area contributed by atoms with E-state index in [1.807, 2.05) is 30.0 Å². The summed E-state index contributed by atoms with van der Waals surface area (Å²) in [5.41, 5.74) is 1.85. The Balaban J connectivity index is 2.24. The van der Waals surface area contributed by atoms with Gasteiger partial charge in [0.05, 0.1) is 0 Å². The van der Waals surface area contributed by atoms with Gasteiger partial charge in [0.15, 0.2) is 0 Å². The zero-order valence-electron chi connectivity index (χ0n) is 9.75. The molecule has 1 aromatic carbocycles. The van der Waals surface area contributed by atoms with Gasteiger partial charge in [-0.1, -0.05) is 31.9 Å². The summed E-state index contributed by atoms with van der Waals surface area (Å²) in [7, 11) is 0. The molecule has 0 N–H and O–H groups in total. The monoisotopic (exact) mass is 359 g/mol. The van der Waals surface area contributed by atoms with Crippen molar-refractivity contribution in [3.05, 3.63) is 33.8 Å². The van der Waals surface area contributed by atoms with Crippen molar-refractivity contribution in [2.24, 2.45) is 0 Å². The fourth-order valence-corrected chi connectivity index (χ4v) is 3.43. The summed E-state index contributed by atoms with van der Waals surface area (Å²) in [5, 5.41) is 0.869. The second-order valence-corrected chi connectivity index (χ2v) is 5.97. The average Bonchev–Trinajstić information content (AvgIpc) is 2.76. The highest BCUT2D eigenvalue weighted by atomic mass is 79.9. The topological polar surface area (TPSA) is 20.3 Å². The summed E-state index contributed by atoms with van der Waals surface area (Å²) < 4.78 is 1.02. The molecule has 0 aromatic heterocycles. The first-order chi connectivity index (χ1) is 8.13. The number of nitrogens with zero attached hydrogens (tertiary/aromatic N) is 1. The molecule has 17 heavy (non-hydrogen) atoms. The molecule has 1 aliphatic rings. The number of hydrogen-bond donors (Lipinski definition) is 0. The third kappa shape index (κ3) is 2.74. The van der Waals surface area contributed by atoms with E-state index in [1.165, 1.54) is 0 Å². The summed E-state index contributed by atoms with van der Waals surface area (Å²) >= 11 is 6.91. The minimum atomic E-state index is 0.164. The molecule has 1 aromatic rings. The lowest BCUT2D eigenvalue weighted by atomic mass is 10.1. The largest absolute Gasteiger partial charge is 0.335 e. The van der Waals surface area contributed by atoms with Crippen molar-refractivity contribution in [3.63, 3.8) is 0 Å². The Bertz CT molecular complexity index is 433. The van der Waals surface area contributed by atoms with Crippen LogP contribution in [-0.4, -0.2) is 28.7 Å². The molecule has 0 radical (unpaired) electrons. The average molecular weight is 361 g/mol. The van der Waals surface area contributed by atoms with Gasteiger partial charge in [-0.2, -0.15) is 0 Å². The predicted octanol–water partition coefficient (Wildman–Crippen LogP) is 3.76. The van der Waals surface area contributed by atoms with E-state index >= 15 is 0 Å². The number of carbonyl (C=O) groups excluding carboxylic acids is 1. The molecule has 0 saturated carbocycles. The molecular formula is C13H15Br2NO. The quantitative estimate of drug-likeness (QED) is 0.735. The van der Waals surface area contributed by atoms with Crippen LogP contribution in [0.15, 0.2) is 22.7 Å². The second-order valence-electron chi connectivity index (χ2n) is 4.41. The Morgan fingerprint density at radius 3 is 2.94 bits per heavy atom. The first-order valence-corrected chi connectivity index (χ1v) is 7.68. The summed E-state index contributed by atoms with van der Waals surface area (Å²) in [5.74, 6) is 0.164. The minimum Gasteiger partial charge on any atom is -0.335 e.